The Kier molecular flexibility index (Phi) is 7.15. The number of ether oxygens (including phenoxy) is 3. The van der Waals surface area contributed by atoms with Crippen molar-refractivity contribution < 1.29 is 19.0 Å². The van der Waals surface area contributed by atoms with Crippen LogP contribution in [0.15, 0.2) is 66.7 Å². The number of piperazine rings is 1. The molecule has 33 heavy (non-hydrogen) atoms. The third kappa shape index (κ3) is 5.12. The first-order valence-electron chi connectivity index (χ1n) is 11.1. The standard InChI is InChI=1S/C27H30N2O4/c1-31-24-18-26(33-3)25(32-2)17-23(24)19-28-13-15-29(16-14-28)27(30)22-11-9-21(10-12-22)20-7-5-4-6-8-20/h4-12,17-18H,13-16,19H2,1-3H3. The van der Waals surface area contributed by atoms with Crippen molar-refractivity contribution in [2.45, 2.75) is 6.54 Å². The van der Waals surface area contributed by atoms with Crippen molar-refractivity contribution in [3.8, 4) is 28.4 Å². The lowest BCUT2D eigenvalue weighted by Crippen LogP contribution is -2.48. The summed E-state index contributed by atoms with van der Waals surface area (Å²) < 4.78 is 16.4. The van der Waals surface area contributed by atoms with E-state index in [2.05, 4.69) is 17.0 Å². The predicted molar refractivity (Wildman–Crippen MR) is 129 cm³/mol. The Morgan fingerprint density at radius 1 is 0.727 bits per heavy atom. The molecule has 4 rings (SSSR count). The number of hydrogen-bond acceptors (Lipinski definition) is 5. The van der Waals surface area contributed by atoms with Gasteiger partial charge in [0, 0.05) is 49.9 Å². The summed E-state index contributed by atoms with van der Waals surface area (Å²) >= 11 is 0. The van der Waals surface area contributed by atoms with Gasteiger partial charge in [0.15, 0.2) is 11.5 Å². The molecule has 3 aromatic rings. The second-order valence-electron chi connectivity index (χ2n) is 8.03. The van der Waals surface area contributed by atoms with Gasteiger partial charge in [-0.3, -0.25) is 9.69 Å². The van der Waals surface area contributed by atoms with Crippen LogP contribution in [0.1, 0.15) is 15.9 Å². The van der Waals surface area contributed by atoms with E-state index < -0.39 is 0 Å². The minimum Gasteiger partial charge on any atom is -0.496 e. The molecule has 6 heteroatoms. The number of amides is 1. The van der Waals surface area contributed by atoms with E-state index in [1.54, 1.807) is 21.3 Å². The molecule has 1 aliphatic rings. The number of benzene rings is 3. The van der Waals surface area contributed by atoms with Gasteiger partial charge in [-0.1, -0.05) is 42.5 Å². The molecule has 1 heterocycles. The van der Waals surface area contributed by atoms with E-state index in [4.69, 9.17) is 14.2 Å². The first-order chi connectivity index (χ1) is 16.1. The summed E-state index contributed by atoms with van der Waals surface area (Å²) in [7, 11) is 4.90. The molecule has 0 N–H and O–H groups in total. The molecule has 0 atom stereocenters. The minimum atomic E-state index is 0.0814. The van der Waals surface area contributed by atoms with Gasteiger partial charge in [-0.25, -0.2) is 0 Å². The first kappa shape index (κ1) is 22.7. The Balaban J connectivity index is 1.37. The zero-order valence-electron chi connectivity index (χ0n) is 19.4. The highest BCUT2D eigenvalue weighted by molar-refractivity contribution is 5.94. The summed E-state index contributed by atoms with van der Waals surface area (Å²) in [5.41, 5.74) is 4.02. The Morgan fingerprint density at radius 2 is 1.30 bits per heavy atom. The molecule has 0 saturated carbocycles. The second-order valence-corrected chi connectivity index (χ2v) is 8.03. The van der Waals surface area contributed by atoms with Crippen molar-refractivity contribution in [1.29, 1.82) is 0 Å². The molecule has 1 fully saturated rings. The molecule has 0 spiro atoms. The van der Waals surface area contributed by atoms with Gasteiger partial charge < -0.3 is 19.1 Å². The van der Waals surface area contributed by atoms with Crippen LogP contribution in [-0.2, 0) is 6.54 Å². The molecule has 1 saturated heterocycles. The Labute approximate surface area is 195 Å². The van der Waals surface area contributed by atoms with Crippen LogP contribution in [0.25, 0.3) is 11.1 Å². The van der Waals surface area contributed by atoms with Crippen LogP contribution in [0.2, 0.25) is 0 Å². The average Bonchev–Trinajstić information content (AvgIpc) is 2.89. The third-order valence-electron chi connectivity index (χ3n) is 6.08. The third-order valence-corrected chi connectivity index (χ3v) is 6.08. The van der Waals surface area contributed by atoms with Crippen LogP contribution in [0.4, 0.5) is 0 Å². The fraction of sp³-hybridized carbons (Fsp3) is 0.296. The van der Waals surface area contributed by atoms with Gasteiger partial charge in [0.05, 0.1) is 21.3 Å². The number of hydrogen-bond donors (Lipinski definition) is 0. The van der Waals surface area contributed by atoms with Gasteiger partial charge in [0.1, 0.15) is 5.75 Å². The minimum absolute atomic E-state index is 0.0814. The highest BCUT2D eigenvalue weighted by Gasteiger charge is 2.23. The van der Waals surface area contributed by atoms with Crippen LogP contribution >= 0.6 is 0 Å². The van der Waals surface area contributed by atoms with Crippen molar-refractivity contribution in [3.05, 3.63) is 77.9 Å². The largest absolute Gasteiger partial charge is 0.496 e. The molecular formula is C27H30N2O4. The lowest BCUT2D eigenvalue weighted by Gasteiger charge is -2.35. The van der Waals surface area contributed by atoms with Crippen LogP contribution in [0.5, 0.6) is 17.2 Å². The molecule has 1 amide bonds. The quantitative estimate of drug-likeness (QED) is 0.541. The summed E-state index contributed by atoms with van der Waals surface area (Å²) in [4.78, 5) is 17.3. The Bertz CT molecular complexity index is 1080. The summed E-state index contributed by atoms with van der Waals surface area (Å²) in [6.45, 7) is 3.69. The van der Waals surface area contributed by atoms with Gasteiger partial charge in [-0.2, -0.15) is 0 Å². The molecule has 0 bridgehead atoms. The Hall–Kier alpha value is -3.51. The van der Waals surface area contributed by atoms with Crippen LogP contribution in [0, 0.1) is 0 Å². The zero-order valence-corrected chi connectivity index (χ0v) is 19.4. The fourth-order valence-electron chi connectivity index (χ4n) is 4.18. The molecule has 0 radical (unpaired) electrons. The van der Waals surface area contributed by atoms with Gasteiger partial charge in [0.2, 0.25) is 0 Å². The molecule has 6 nitrogen and oxygen atoms in total. The maximum atomic E-state index is 13.0. The maximum Gasteiger partial charge on any atom is 0.253 e. The van der Waals surface area contributed by atoms with Crippen molar-refractivity contribution in [2.24, 2.45) is 0 Å². The summed E-state index contributed by atoms with van der Waals surface area (Å²) in [6, 6.07) is 21.9. The van der Waals surface area contributed by atoms with E-state index in [1.165, 1.54) is 0 Å². The highest BCUT2D eigenvalue weighted by atomic mass is 16.5. The van der Waals surface area contributed by atoms with Crippen LogP contribution in [0.3, 0.4) is 0 Å². The summed E-state index contributed by atoms with van der Waals surface area (Å²) in [5.74, 6) is 2.18. The van der Waals surface area contributed by atoms with Crippen molar-refractivity contribution >= 4 is 5.91 Å². The normalized spacial score (nSPS) is 14.1. The molecule has 1 aliphatic heterocycles. The van der Waals surface area contributed by atoms with E-state index in [0.717, 1.165) is 47.6 Å². The topological polar surface area (TPSA) is 51.2 Å². The molecular weight excluding hydrogens is 416 g/mol. The number of carbonyl (C=O) groups excluding carboxylic acids is 1. The highest BCUT2D eigenvalue weighted by Crippen LogP contribution is 2.35. The van der Waals surface area contributed by atoms with E-state index in [0.29, 0.717) is 24.6 Å². The fourth-order valence-corrected chi connectivity index (χ4v) is 4.18. The van der Waals surface area contributed by atoms with Gasteiger partial charge in [-0.05, 0) is 29.3 Å². The number of carbonyl (C=O) groups is 1. The van der Waals surface area contributed by atoms with Gasteiger partial charge in [0.25, 0.3) is 5.91 Å². The number of rotatable bonds is 7. The second kappa shape index (κ2) is 10.4. The van der Waals surface area contributed by atoms with E-state index in [1.807, 2.05) is 59.5 Å². The monoisotopic (exact) mass is 446 g/mol. The van der Waals surface area contributed by atoms with Crippen molar-refractivity contribution in [3.63, 3.8) is 0 Å². The van der Waals surface area contributed by atoms with Crippen molar-refractivity contribution in [2.75, 3.05) is 47.5 Å². The maximum absolute atomic E-state index is 13.0. The van der Waals surface area contributed by atoms with Crippen LogP contribution in [-0.4, -0.2) is 63.2 Å². The van der Waals surface area contributed by atoms with Gasteiger partial charge >= 0.3 is 0 Å². The molecule has 3 aromatic carbocycles. The zero-order chi connectivity index (χ0) is 23.2. The first-order valence-corrected chi connectivity index (χ1v) is 11.1. The number of methoxy groups -OCH3 is 3. The van der Waals surface area contributed by atoms with E-state index >= 15 is 0 Å². The lowest BCUT2D eigenvalue weighted by molar-refractivity contribution is 0.0627. The number of nitrogens with zero attached hydrogens (tertiary/aromatic N) is 2. The summed E-state index contributed by atoms with van der Waals surface area (Å²) in [6.07, 6.45) is 0. The predicted octanol–water partition coefficient (Wildman–Crippen LogP) is 4.34. The lowest BCUT2D eigenvalue weighted by atomic mass is 10.0. The average molecular weight is 447 g/mol. The van der Waals surface area contributed by atoms with E-state index in [9.17, 15) is 4.79 Å². The molecule has 172 valence electrons. The molecule has 0 unspecified atom stereocenters. The SMILES string of the molecule is COc1cc(OC)c(OC)cc1CN1CCN(C(=O)c2ccc(-c3ccccc3)cc2)CC1. The van der Waals surface area contributed by atoms with Crippen molar-refractivity contribution in [1.82, 2.24) is 9.80 Å². The van der Waals surface area contributed by atoms with E-state index in [-0.39, 0.29) is 5.91 Å². The molecule has 0 aliphatic carbocycles. The smallest absolute Gasteiger partial charge is 0.253 e. The van der Waals surface area contributed by atoms with Gasteiger partial charge in [-0.15, -0.1) is 0 Å². The molecule has 0 aromatic heterocycles. The summed E-state index contributed by atoms with van der Waals surface area (Å²) in [5, 5.41) is 0. The Morgan fingerprint density at radius 3 is 1.91 bits per heavy atom. The van der Waals surface area contributed by atoms with Crippen LogP contribution < -0.4 is 14.2 Å².